The Morgan fingerprint density at radius 1 is 1.28 bits per heavy atom. The zero-order valence-electron chi connectivity index (χ0n) is 17.5. The highest BCUT2D eigenvalue weighted by atomic mass is 32.1. The van der Waals surface area contributed by atoms with Gasteiger partial charge in [-0.1, -0.05) is 25.1 Å². The predicted octanol–water partition coefficient (Wildman–Crippen LogP) is 4.41. The smallest absolute Gasteiger partial charge is 0.441 e. The van der Waals surface area contributed by atoms with Crippen molar-refractivity contribution in [2.45, 2.75) is 44.9 Å². The van der Waals surface area contributed by atoms with Gasteiger partial charge in [0.05, 0.1) is 12.2 Å². The van der Waals surface area contributed by atoms with Crippen LogP contribution >= 0.6 is 11.3 Å². The Morgan fingerprint density at radius 3 is 2.56 bits per heavy atom. The normalized spacial score (nSPS) is 17.4. The fraction of sp³-hybridized carbons (Fsp3) is 0.409. The first-order valence-electron chi connectivity index (χ1n) is 10.1. The van der Waals surface area contributed by atoms with Gasteiger partial charge >= 0.3 is 17.8 Å². The Labute approximate surface area is 187 Å². The van der Waals surface area contributed by atoms with Crippen LogP contribution < -0.4 is 10.6 Å². The van der Waals surface area contributed by atoms with Crippen LogP contribution in [0.15, 0.2) is 30.3 Å². The van der Waals surface area contributed by atoms with Crippen LogP contribution in [-0.2, 0) is 22.4 Å². The van der Waals surface area contributed by atoms with Gasteiger partial charge in [-0.15, -0.1) is 11.3 Å². The van der Waals surface area contributed by atoms with Gasteiger partial charge in [0.25, 0.3) is 5.91 Å². The highest BCUT2D eigenvalue weighted by molar-refractivity contribution is 7.16. The van der Waals surface area contributed by atoms with Gasteiger partial charge in [-0.2, -0.15) is 18.4 Å². The molecule has 2 aromatic rings. The van der Waals surface area contributed by atoms with Gasteiger partial charge < -0.3 is 15.4 Å². The molecule has 0 saturated carbocycles. The summed E-state index contributed by atoms with van der Waals surface area (Å²) in [5.74, 6) is -2.49. The van der Waals surface area contributed by atoms with E-state index in [9.17, 15) is 28.0 Å². The number of carbonyl (C=O) groups is 2. The number of nitrogens with one attached hydrogen (secondary N) is 2. The molecule has 1 aliphatic carbocycles. The Bertz CT molecular complexity index is 1050. The van der Waals surface area contributed by atoms with Crippen molar-refractivity contribution in [2.24, 2.45) is 5.92 Å². The number of thiophene rings is 1. The average Bonchev–Trinajstić information content (AvgIpc) is 3.08. The number of alkyl halides is 3. The third-order valence-electron chi connectivity index (χ3n) is 5.27. The lowest BCUT2D eigenvalue weighted by molar-refractivity contribution is -0.204. The highest BCUT2D eigenvalue weighted by Gasteiger charge is 2.64. The van der Waals surface area contributed by atoms with E-state index in [0.717, 1.165) is 22.6 Å². The standard InChI is InChI=1S/C22H22F3N3O3S/c1-3-31-20(30)21(22(23,24)25,27-18(29)14-7-5-4-6-8-14)28-19-16(12-26)15-10-9-13(2)11-17(15)32-19/h4-8,13,28H,3,9-11H2,1-2H3,(H,27,29)/t13-,21+/m1/s1. The molecule has 0 bridgehead atoms. The van der Waals surface area contributed by atoms with Gasteiger partial charge in [0.1, 0.15) is 11.1 Å². The molecule has 32 heavy (non-hydrogen) atoms. The largest absolute Gasteiger partial charge is 0.463 e. The van der Waals surface area contributed by atoms with Crippen LogP contribution in [0.5, 0.6) is 0 Å². The summed E-state index contributed by atoms with van der Waals surface area (Å²) in [5, 5.41) is 13.5. The number of esters is 1. The molecule has 0 saturated heterocycles. The summed E-state index contributed by atoms with van der Waals surface area (Å²) in [7, 11) is 0. The van der Waals surface area contributed by atoms with E-state index in [2.05, 4.69) is 5.32 Å². The van der Waals surface area contributed by atoms with Gasteiger partial charge in [0.2, 0.25) is 0 Å². The molecular formula is C22H22F3N3O3S. The molecule has 170 valence electrons. The molecule has 1 heterocycles. The number of rotatable bonds is 6. The summed E-state index contributed by atoms with van der Waals surface area (Å²) in [4.78, 5) is 26.2. The van der Waals surface area contributed by atoms with E-state index in [1.54, 1.807) is 6.07 Å². The average molecular weight is 465 g/mol. The lowest BCUT2D eigenvalue weighted by Crippen LogP contribution is -2.69. The zero-order chi connectivity index (χ0) is 23.5. The van der Waals surface area contributed by atoms with E-state index in [0.29, 0.717) is 24.3 Å². The number of fused-ring (bicyclic) bond motifs is 1. The van der Waals surface area contributed by atoms with Crippen LogP contribution in [0.2, 0.25) is 0 Å². The van der Waals surface area contributed by atoms with Crippen LogP contribution in [0.3, 0.4) is 0 Å². The molecule has 1 aromatic carbocycles. The van der Waals surface area contributed by atoms with Gasteiger partial charge in [0, 0.05) is 10.4 Å². The Kier molecular flexibility index (Phi) is 6.79. The minimum atomic E-state index is -5.27. The molecule has 2 N–H and O–H groups in total. The van der Waals surface area contributed by atoms with Gasteiger partial charge in [-0.3, -0.25) is 4.79 Å². The van der Waals surface area contributed by atoms with E-state index in [1.807, 2.05) is 18.3 Å². The fourth-order valence-electron chi connectivity index (χ4n) is 3.59. The van der Waals surface area contributed by atoms with Crippen LogP contribution in [-0.4, -0.2) is 30.3 Å². The van der Waals surface area contributed by atoms with Crippen molar-refractivity contribution in [2.75, 3.05) is 11.9 Å². The number of ether oxygens (including phenoxy) is 1. The molecule has 2 atom stereocenters. The van der Waals surface area contributed by atoms with Crippen molar-refractivity contribution in [3.8, 4) is 6.07 Å². The lowest BCUT2D eigenvalue weighted by atomic mass is 9.88. The highest BCUT2D eigenvalue weighted by Crippen LogP contribution is 2.42. The third-order valence-corrected chi connectivity index (χ3v) is 6.44. The van der Waals surface area contributed by atoms with Crippen molar-refractivity contribution in [1.29, 1.82) is 5.26 Å². The second-order valence-corrected chi connectivity index (χ2v) is 8.69. The number of halogens is 3. The van der Waals surface area contributed by atoms with Crippen molar-refractivity contribution >= 4 is 28.2 Å². The first kappa shape index (κ1) is 23.6. The molecule has 1 amide bonds. The van der Waals surface area contributed by atoms with Gasteiger partial charge in [-0.05, 0) is 49.8 Å². The maximum atomic E-state index is 14.4. The minimum absolute atomic E-state index is 0.0591. The number of carbonyl (C=O) groups excluding carboxylic acids is 2. The Morgan fingerprint density at radius 2 is 1.97 bits per heavy atom. The molecule has 0 radical (unpaired) electrons. The van der Waals surface area contributed by atoms with E-state index >= 15 is 0 Å². The summed E-state index contributed by atoms with van der Waals surface area (Å²) >= 11 is 0.999. The van der Waals surface area contributed by atoms with E-state index in [4.69, 9.17) is 4.74 Å². The van der Waals surface area contributed by atoms with E-state index < -0.39 is 23.7 Å². The number of hydrogen-bond donors (Lipinski definition) is 2. The van der Waals surface area contributed by atoms with Crippen LogP contribution in [0.25, 0.3) is 0 Å². The van der Waals surface area contributed by atoms with Crippen LogP contribution in [0.4, 0.5) is 18.2 Å². The molecular weight excluding hydrogens is 443 g/mol. The topological polar surface area (TPSA) is 91.2 Å². The summed E-state index contributed by atoms with van der Waals surface area (Å²) in [5.41, 5.74) is -2.89. The fourth-order valence-corrected chi connectivity index (χ4v) is 5.01. The van der Waals surface area contributed by atoms with Crippen molar-refractivity contribution in [3.63, 3.8) is 0 Å². The van der Waals surface area contributed by atoms with Gasteiger partial charge in [-0.25, -0.2) is 4.79 Å². The van der Waals surface area contributed by atoms with Crippen molar-refractivity contribution < 1.29 is 27.5 Å². The maximum absolute atomic E-state index is 14.4. The maximum Gasteiger partial charge on any atom is 0.441 e. The molecule has 0 aliphatic heterocycles. The summed E-state index contributed by atoms with van der Waals surface area (Å²) in [6.45, 7) is 3.06. The number of nitriles is 1. The first-order valence-corrected chi connectivity index (χ1v) is 10.9. The van der Waals surface area contributed by atoms with Crippen molar-refractivity contribution in [3.05, 3.63) is 51.9 Å². The van der Waals surface area contributed by atoms with Crippen LogP contribution in [0.1, 0.15) is 46.6 Å². The molecule has 6 nitrogen and oxygen atoms in total. The number of anilines is 1. The quantitative estimate of drug-likeness (QED) is 0.487. The Hall–Kier alpha value is -3.06. The summed E-state index contributed by atoms with van der Waals surface area (Å²) in [6.07, 6.45) is -3.27. The molecule has 10 heteroatoms. The lowest BCUT2D eigenvalue weighted by Gasteiger charge is -2.35. The van der Waals surface area contributed by atoms with Gasteiger partial charge in [0.15, 0.2) is 0 Å². The third kappa shape index (κ3) is 4.43. The number of amides is 1. The Balaban J connectivity index is 2.10. The summed E-state index contributed by atoms with van der Waals surface area (Å²) < 4.78 is 48.0. The second-order valence-electron chi connectivity index (χ2n) is 7.58. The zero-order valence-corrected chi connectivity index (χ0v) is 18.3. The molecule has 0 unspecified atom stereocenters. The molecule has 0 fully saturated rings. The predicted molar refractivity (Wildman–Crippen MR) is 113 cm³/mol. The minimum Gasteiger partial charge on any atom is -0.463 e. The SMILES string of the molecule is CCOC(=O)[C@](NC(=O)c1ccccc1)(Nc1sc2c(c1C#N)CC[C@@H](C)C2)C(F)(F)F. The van der Waals surface area contributed by atoms with Crippen LogP contribution in [0, 0.1) is 17.2 Å². The van der Waals surface area contributed by atoms with Crippen molar-refractivity contribution in [1.82, 2.24) is 5.32 Å². The number of benzene rings is 1. The molecule has 3 rings (SSSR count). The number of nitrogens with zero attached hydrogens (tertiary/aromatic N) is 1. The van der Waals surface area contributed by atoms with E-state index in [-0.39, 0.29) is 22.7 Å². The molecule has 1 aliphatic rings. The second kappa shape index (κ2) is 9.20. The van der Waals surface area contributed by atoms with E-state index in [1.165, 1.54) is 31.2 Å². The molecule has 1 aromatic heterocycles. The first-order chi connectivity index (χ1) is 15.1. The number of hydrogen-bond acceptors (Lipinski definition) is 6. The molecule has 0 spiro atoms. The summed E-state index contributed by atoms with van der Waals surface area (Å²) in [6, 6.07) is 9.20. The monoisotopic (exact) mass is 465 g/mol.